The van der Waals surface area contributed by atoms with Crippen molar-refractivity contribution < 1.29 is 23.2 Å². The highest BCUT2D eigenvalue weighted by atomic mass is 19.1. The molecule has 0 saturated carbocycles. The second-order valence-corrected chi connectivity index (χ2v) is 5.52. The second-order valence-electron chi connectivity index (χ2n) is 5.52. The molecule has 0 unspecified atom stereocenters. The molecule has 0 aliphatic rings. The van der Waals surface area contributed by atoms with Crippen LogP contribution >= 0.6 is 0 Å². The molecule has 0 aliphatic heterocycles. The maximum Gasteiger partial charge on any atom is 0.323 e. The average Bonchev–Trinajstić information content (AvgIpc) is 2.61. The molecule has 0 heterocycles. The van der Waals surface area contributed by atoms with Gasteiger partial charge in [0.2, 0.25) is 5.91 Å². The zero-order valence-corrected chi connectivity index (χ0v) is 14.4. The summed E-state index contributed by atoms with van der Waals surface area (Å²) < 4.78 is 26.4. The summed E-state index contributed by atoms with van der Waals surface area (Å²) in [6.45, 7) is 1.99. The maximum atomic E-state index is 13.5. The lowest BCUT2D eigenvalue weighted by molar-refractivity contribution is -0.118. The van der Waals surface area contributed by atoms with E-state index in [2.05, 4.69) is 21.3 Å². The minimum atomic E-state index is -0.892. The van der Waals surface area contributed by atoms with Crippen LogP contribution in [0.5, 0.6) is 0 Å². The molecule has 0 atom stereocenters. The number of benzene rings is 2. The fourth-order valence-electron chi connectivity index (χ4n) is 2.10. The second kappa shape index (κ2) is 9.27. The summed E-state index contributed by atoms with van der Waals surface area (Å²) in [4.78, 5) is 34.5. The Balaban J connectivity index is 1.86. The van der Waals surface area contributed by atoms with Gasteiger partial charge in [-0.3, -0.25) is 9.59 Å². The van der Waals surface area contributed by atoms with Crippen LogP contribution in [0.4, 0.5) is 25.0 Å². The van der Waals surface area contributed by atoms with E-state index in [-0.39, 0.29) is 24.0 Å². The molecule has 27 heavy (non-hydrogen) atoms. The average molecular weight is 376 g/mol. The van der Waals surface area contributed by atoms with Gasteiger partial charge in [-0.25, -0.2) is 13.6 Å². The third-order valence-corrected chi connectivity index (χ3v) is 3.37. The van der Waals surface area contributed by atoms with E-state index in [0.29, 0.717) is 23.9 Å². The van der Waals surface area contributed by atoms with Gasteiger partial charge in [-0.2, -0.15) is 0 Å². The number of nitrogens with one attached hydrogen (secondary N) is 4. The Labute approximate surface area is 154 Å². The fourth-order valence-corrected chi connectivity index (χ4v) is 2.10. The smallest absolute Gasteiger partial charge is 0.323 e. The number of carbonyl (C=O) groups excluding carboxylic acids is 3. The van der Waals surface area contributed by atoms with Gasteiger partial charge in [0.15, 0.2) is 0 Å². The number of hydrogen-bond acceptors (Lipinski definition) is 3. The number of hydrogen-bond donors (Lipinski definition) is 4. The van der Waals surface area contributed by atoms with Crippen LogP contribution in [0.1, 0.15) is 17.3 Å². The van der Waals surface area contributed by atoms with Gasteiger partial charge in [0.1, 0.15) is 11.6 Å². The summed E-state index contributed by atoms with van der Waals surface area (Å²) in [5.41, 5.74) is 0.585. The van der Waals surface area contributed by atoms with Crippen molar-refractivity contribution in [3.05, 3.63) is 59.7 Å². The molecule has 4 N–H and O–H groups in total. The summed E-state index contributed by atoms with van der Waals surface area (Å²) in [7, 11) is 0. The van der Waals surface area contributed by atoms with Crippen LogP contribution in [0.15, 0.2) is 42.5 Å². The molecule has 0 spiro atoms. The van der Waals surface area contributed by atoms with Crippen molar-refractivity contribution in [3.8, 4) is 0 Å². The van der Waals surface area contributed by atoms with Crippen molar-refractivity contribution in [1.29, 1.82) is 0 Å². The first-order valence-electron chi connectivity index (χ1n) is 8.01. The SMILES string of the molecule is CC(=O)NCCNC(=O)c1ccc(NC(=O)Nc2ccc(F)cc2F)cc1. The van der Waals surface area contributed by atoms with E-state index >= 15 is 0 Å². The van der Waals surface area contributed by atoms with Gasteiger partial charge >= 0.3 is 6.03 Å². The number of urea groups is 1. The van der Waals surface area contributed by atoms with E-state index in [9.17, 15) is 23.2 Å². The quantitative estimate of drug-likeness (QED) is 0.583. The molecule has 0 bridgehead atoms. The summed E-state index contributed by atoms with van der Waals surface area (Å²) in [5.74, 6) is -2.15. The molecule has 2 rings (SSSR count). The van der Waals surface area contributed by atoms with Crippen molar-refractivity contribution >= 4 is 29.2 Å². The van der Waals surface area contributed by atoms with Crippen molar-refractivity contribution in [2.45, 2.75) is 6.92 Å². The number of halogens is 2. The molecule has 2 aromatic carbocycles. The van der Waals surface area contributed by atoms with E-state index in [1.54, 1.807) is 0 Å². The molecular weight excluding hydrogens is 358 g/mol. The molecule has 9 heteroatoms. The van der Waals surface area contributed by atoms with E-state index in [1.165, 1.54) is 31.2 Å². The van der Waals surface area contributed by atoms with Crippen LogP contribution < -0.4 is 21.3 Å². The first-order valence-corrected chi connectivity index (χ1v) is 8.01. The van der Waals surface area contributed by atoms with Gasteiger partial charge in [0.25, 0.3) is 5.91 Å². The first kappa shape index (κ1) is 19.8. The predicted octanol–water partition coefficient (Wildman–Crippen LogP) is 2.47. The number of anilines is 2. The molecule has 0 aromatic heterocycles. The van der Waals surface area contributed by atoms with E-state index in [1.807, 2.05) is 0 Å². The largest absolute Gasteiger partial charge is 0.355 e. The summed E-state index contributed by atoms with van der Waals surface area (Å²) in [6, 6.07) is 8.09. The van der Waals surface area contributed by atoms with Crippen molar-refractivity contribution in [2.24, 2.45) is 0 Å². The zero-order chi connectivity index (χ0) is 19.8. The van der Waals surface area contributed by atoms with Gasteiger partial charge in [-0.1, -0.05) is 0 Å². The predicted molar refractivity (Wildman–Crippen MR) is 96.5 cm³/mol. The van der Waals surface area contributed by atoms with Crippen molar-refractivity contribution in [1.82, 2.24) is 10.6 Å². The molecule has 0 saturated heterocycles. The Kier molecular flexibility index (Phi) is 6.81. The lowest BCUT2D eigenvalue weighted by Crippen LogP contribution is -2.33. The molecule has 142 valence electrons. The van der Waals surface area contributed by atoms with E-state index in [0.717, 1.165) is 12.1 Å². The monoisotopic (exact) mass is 376 g/mol. The van der Waals surface area contributed by atoms with E-state index in [4.69, 9.17) is 0 Å². The Bertz CT molecular complexity index is 841. The fraction of sp³-hybridized carbons (Fsp3) is 0.167. The van der Waals surface area contributed by atoms with Crippen molar-refractivity contribution in [2.75, 3.05) is 23.7 Å². The third-order valence-electron chi connectivity index (χ3n) is 3.37. The van der Waals surface area contributed by atoms with Crippen LogP contribution in [-0.2, 0) is 4.79 Å². The molecule has 0 fully saturated rings. The Morgan fingerprint density at radius 2 is 1.56 bits per heavy atom. The van der Waals surface area contributed by atoms with Crippen LogP contribution in [0.25, 0.3) is 0 Å². The molecular formula is C18H18F2N4O3. The lowest BCUT2D eigenvalue weighted by atomic mass is 10.2. The van der Waals surface area contributed by atoms with Gasteiger partial charge in [0, 0.05) is 37.3 Å². The number of rotatable bonds is 6. The van der Waals surface area contributed by atoms with Crippen molar-refractivity contribution in [3.63, 3.8) is 0 Å². The van der Waals surface area contributed by atoms with Crippen LogP contribution in [0.3, 0.4) is 0 Å². The molecule has 0 radical (unpaired) electrons. The van der Waals surface area contributed by atoms with E-state index < -0.39 is 17.7 Å². The standard InChI is InChI=1S/C18H18F2N4O3/c1-11(25)21-8-9-22-17(26)12-2-5-14(6-3-12)23-18(27)24-16-7-4-13(19)10-15(16)20/h2-7,10H,8-9H2,1H3,(H,21,25)(H,22,26)(H2,23,24,27). The first-order chi connectivity index (χ1) is 12.8. The highest BCUT2D eigenvalue weighted by Crippen LogP contribution is 2.16. The highest BCUT2D eigenvalue weighted by molar-refractivity contribution is 6.00. The summed E-state index contributed by atoms with van der Waals surface area (Å²) >= 11 is 0. The Morgan fingerprint density at radius 1 is 0.889 bits per heavy atom. The molecule has 4 amide bonds. The minimum Gasteiger partial charge on any atom is -0.355 e. The van der Waals surface area contributed by atoms with Crippen LogP contribution in [0.2, 0.25) is 0 Å². The van der Waals surface area contributed by atoms with Crippen LogP contribution in [0, 0.1) is 11.6 Å². The molecule has 0 aliphatic carbocycles. The van der Waals surface area contributed by atoms with Gasteiger partial charge in [-0.15, -0.1) is 0 Å². The van der Waals surface area contributed by atoms with Gasteiger partial charge < -0.3 is 21.3 Å². The number of carbonyl (C=O) groups is 3. The molecule has 7 nitrogen and oxygen atoms in total. The minimum absolute atomic E-state index is 0.163. The zero-order valence-electron chi connectivity index (χ0n) is 14.4. The van der Waals surface area contributed by atoms with Gasteiger partial charge in [-0.05, 0) is 36.4 Å². The lowest BCUT2D eigenvalue weighted by Gasteiger charge is -2.09. The Morgan fingerprint density at radius 3 is 2.19 bits per heavy atom. The number of amides is 4. The third kappa shape index (κ3) is 6.38. The Hall–Kier alpha value is -3.49. The molecule has 2 aromatic rings. The topological polar surface area (TPSA) is 99.3 Å². The normalized spacial score (nSPS) is 10.0. The summed E-state index contributed by atoms with van der Waals surface area (Å²) in [5, 5.41) is 9.92. The van der Waals surface area contributed by atoms with Crippen LogP contribution in [-0.4, -0.2) is 30.9 Å². The van der Waals surface area contributed by atoms with Gasteiger partial charge in [0.05, 0.1) is 5.69 Å². The summed E-state index contributed by atoms with van der Waals surface area (Å²) in [6.07, 6.45) is 0. The highest BCUT2D eigenvalue weighted by Gasteiger charge is 2.09. The maximum absolute atomic E-state index is 13.5.